The summed E-state index contributed by atoms with van der Waals surface area (Å²) < 4.78 is 38.6. The van der Waals surface area contributed by atoms with Crippen molar-refractivity contribution >= 4 is 10.1 Å². The quantitative estimate of drug-likeness (QED) is 0.323. The fraction of sp³-hybridized carbons (Fsp3) is 0.500. The normalized spacial score (nSPS) is 11.1. The van der Waals surface area contributed by atoms with E-state index in [4.69, 9.17) is 4.74 Å². The average molecular weight is 241 g/mol. The number of ether oxygens (including phenoxy) is 1. The molecule has 80 valence electrons. The third kappa shape index (κ3) is 4.67. The molecule has 0 spiro atoms. The van der Waals surface area contributed by atoms with Gasteiger partial charge < -0.3 is 13.9 Å². The Kier molecular flexibility index (Phi) is 6.74. The molecule has 7 heteroatoms. The van der Waals surface area contributed by atoms with Crippen molar-refractivity contribution in [1.29, 1.82) is 0 Å². The van der Waals surface area contributed by atoms with E-state index in [1.54, 1.807) is 6.20 Å². The van der Waals surface area contributed by atoms with E-state index in [0.717, 1.165) is 0 Å². The summed E-state index contributed by atoms with van der Waals surface area (Å²) in [7, 11) is -4.37. The minimum Gasteiger partial charge on any atom is -0.743 e. The first-order chi connectivity index (χ1) is 6.55. The molecule has 5 nitrogen and oxygen atoms in total. The van der Waals surface area contributed by atoms with Crippen LogP contribution in [0.4, 0.5) is 0 Å². The predicted octanol–water partition coefficient (Wildman–Crippen LogP) is -2.57. The van der Waals surface area contributed by atoms with Crippen molar-refractivity contribution in [2.75, 3.05) is 13.2 Å². The first-order valence-electron chi connectivity index (χ1n) is 4.24. The van der Waals surface area contributed by atoms with Crippen molar-refractivity contribution in [2.24, 2.45) is 0 Å². The largest absolute Gasteiger partial charge is 1.00 e. The Bertz CT molecular complexity index is 387. The molecule has 0 saturated heterocycles. The molecule has 15 heavy (non-hydrogen) atoms. The molecule has 0 unspecified atom stereocenters. The zero-order valence-electron chi connectivity index (χ0n) is 8.84. The van der Waals surface area contributed by atoms with Crippen LogP contribution in [0.15, 0.2) is 23.4 Å². The van der Waals surface area contributed by atoms with Crippen molar-refractivity contribution in [2.45, 2.75) is 18.5 Å². The number of rotatable bonds is 5. The summed E-state index contributed by atoms with van der Waals surface area (Å²) in [6.45, 7) is 3.19. The molecule has 0 amide bonds. The maximum atomic E-state index is 10.7. The topological polar surface area (TPSA) is 71.4 Å². The van der Waals surface area contributed by atoms with Crippen LogP contribution >= 0.6 is 0 Å². The van der Waals surface area contributed by atoms with Gasteiger partial charge in [-0.2, -0.15) is 0 Å². The maximum Gasteiger partial charge on any atom is 1.00 e. The molecule has 0 atom stereocenters. The molecule has 0 fully saturated rings. The van der Waals surface area contributed by atoms with Gasteiger partial charge in [-0.05, 0) is 19.1 Å². The van der Waals surface area contributed by atoms with Gasteiger partial charge in [0.25, 0.3) is 0 Å². The van der Waals surface area contributed by atoms with Crippen molar-refractivity contribution < 1.29 is 47.3 Å². The smallest absolute Gasteiger partial charge is 0.743 e. The van der Waals surface area contributed by atoms with Crippen LogP contribution in [-0.4, -0.2) is 30.8 Å². The Balaban J connectivity index is 0.00000196. The van der Waals surface area contributed by atoms with E-state index in [9.17, 15) is 13.0 Å². The number of hydrogen-bond donors (Lipinski definition) is 0. The summed E-state index contributed by atoms with van der Waals surface area (Å²) in [4.78, 5) is 0. The molecule has 0 aromatic carbocycles. The van der Waals surface area contributed by atoms with Gasteiger partial charge >= 0.3 is 29.6 Å². The molecule has 0 bridgehead atoms. The Hall–Kier alpha value is 0.150. The van der Waals surface area contributed by atoms with Gasteiger partial charge in [0.1, 0.15) is 15.1 Å². The van der Waals surface area contributed by atoms with Crippen molar-refractivity contribution in [3.63, 3.8) is 0 Å². The van der Waals surface area contributed by atoms with Crippen LogP contribution in [0.3, 0.4) is 0 Å². The van der Waals surface area contributed by atoms with Gasteiger partial charge in [-0.3, -0.25) is 0 Å². The van der Waals surface area contributed by atoms with Crippen LogP contribution in [0.5, 0.6) is 0 Å². The van der Waals surface area contributed by atoms with Crippen LogP contribution in [0.1, 0.15) is 6.92 Å². The number of nitrogens with zero attached hydrogens (tertiary/aromatic N) is 1. The van der Waals surface area contributed by atoms with E-state index < -0.39 is 10.1 Å². The van der Waals surface area contributed by atoms with Crippen molar-refractivity contribution in [1.82, 2.24) is 4.57 Å². The first-order valence-corrected chi connectivity index (χ1v) is 5.65. The van der Waals surface area contributed by atoms with Gasteiger partial charge in [-0.15, -0.1) is 0 Å². The Morgan fingerprint density at radius 2 is 2.20 bits per heavy atom. The zero-order chi connectivity index (χ0) is 10.6. The van der Waals surface area contributed by atoms with Gasteiger partial charge in [-0.25, -0.2) is 8.42 Å². The maximum absolute atomic E-state index is 10.7. The Morgan fingerprint density at radius 3 is 2.73 bits per heavy atom. The summed E-state index contributed by atoms with van der Waals surface area (Å²) in [6, 6.07) is 2.81. The summed E-state index contributed by atoms with van der Waals surface area (Å²) in [6.07, 6.45) is 1.55. The van der Waals surface area contributed by atoms with Gasteiger partial charge in [0.15, 0.2) is 0 Å². The molecule has 0 saturated carbocycles. The standard InChI is InChI=1S/C8H13NO4S.Na/c1-2-13-7-6-9-5-3-4-8(9)14(10,11)12;/h3-5H,2,6-7H2,1H3,(H,10,11,12);/q;+1/p-1. The second-order valence-electron chi connectivity index (χ2n) is 2.69. The Labute approximate surface area is 111 Å². The van der Waals surface area contributed by atoms with Crippen molar-refractivity contribution in [3.8, 4) is 0 Å². The van der Waals surface area contributed by atoms with Gasteiger partial charge in [0, 0.05) is 19.3 Å². The summed E-state index contributed by atoms with van der Waals surface area (Å²) >= 11 is 0. The molecule has 0 aliphatic carbocycles. The fourth-order valence-corrected chi connectivity index (χ4v) is 1.80. The fourth-order valence-electron chi connectivity index (χ4n) is 1.12. The van der Waals surface area contributed by atoms with Crippen LogP contribution in [0.2, 0.25) is 0 Å². The van der Waals surface area contributed by atoms with E-state index in [1.165, 1.54) is 16.7 Å². The second-order valence-corrected chi connectivity index (χ2v) is 4.02. The molecule has 1 aromatic rings. The molecule has 0 aliphatic rings. The molecule has 1 aromatic heterocycles. The van der Waals surface area contributed by atoms with E-state index >= 15 is 0 Å². The minimum atomic E-state index is -4.37. The van der Waals surface area contributed by atoms with Crippen LogP contribution in [0.25, 0.3) is 0 Å². The third-order valence-electron chi connectivity index (χ3n) is 1.72. The first kappa shape index (κ1) is 15.2. The molecule has 1 rings (SSSR count). The summed E-state index contributed by atoms with van der Waals surface area (Å²) in [5.41, 5.74) is 0. The van der Waals surface area contributed by atoms with Crippen LogP contribution in [0, 0.1) is 0 Å². The van der Waals surface area contributed by atoms with Crippen LogP contribution in [-0.2, 0) is 21.4 Å². The monoisotopic (exact) mass is 241 g/mol. The van der Waals surface area contributed by atoms with Crippen LogP contribution < -0.4 is 29.6 Å². The molecule has 1 heterocycles. The zero-order valence-corrected chi connectivity index (χ0v) is 11.7. The number of hydrogen-bond acceptors (Lipinski definition) is 4. The van der Waals surface area contributed by atoms with Gasteiger partial charge in [0.05, 0.1) is 6.61 Å². The molecule has 0 N–H and O–H groups in total. The number of aromatic nitrogens is 1. The summed E-state index contributed by atoms with van der Waals surface area (Å²) in [5, 5.41) is -0.211. The molecular formula is C8H12NNaO4S. The van der Waals surface area contributed by atoms with Crippen molar-refractivity contribution in [3.05, 3.63) is 18.3 Å². The summed E-state index contributed by atoms with van der Waals surface area (Å²) in [5.74, 6) is 0. The minimum absolute atomic E-state index is 0. The molecule has 0 aliphatic heterocycles. The van der Waals surface area contributed by atoms with E-state index in [-0.39, 0.29) is 34.6 Å². The van der Waals surface area contributed by atoms with E-state index in [0.29, 0.717) is 19.8 Å². The average Bonchev–Trinajstić information content (AvgIpc) is 2.52. The molecule has 0 radical (unpaired) electrons. The van der Waals surface area contributed by atoms with E-state index in [1.807, 2.05) is 6.92 Å². The predicted molar refractivity (Wildman–Crippen MR) is 48.9 cm³/mol. The molecular weight excluding hydrogens is 229 g/mol. The van der Waals surface area contributed by atoms with Gasteiger partial charge in [0.2, 0.25) is 0 Å². The van der Waals surface area contributed by atoms with Gasteiger partial charge in [-0.1, -0.05) is 0 Å². The Morgan fingerprint density at radius 1 is 1.53 bits per heavy atom. The second kappa shape index (κ2) is 6.67. The van der Waals surface area contributed by atoms with E-state index in [2.05, 4.69) is 0 Å². The SMILES string of the molecule is CCOCCn1cccc1S(=O)(=O)[O-].[Na+]. The third-order valence-corrected chi connectivity index (χ3v) is 2.61.